The zero-order chi connectivity index (χ0) is 47.6. The Morgan fingerprint density at radius 1 is 0.547 bits per heavy atom. The molecule has 8 atom stereocenters. The van der Waals surface area contributed by atoms with Crippen LogP contribution in [0.1, 0.15) is 162 Å². The molecule has 0 heterocycles. The van der Waals surface area contributed by atoms with E-state index in [-0.39, 0.29) is 31.5 Å². The standard InChI is InChI=1S/C45H78O17P2/c1-3-5-7-9-11-13-15-17-19-21-23-25-27-30-36(46)31-29-33-38(47)58-34-37(60-39(48)32-28-26-24-22-20-18-16-14-12-10-8-6-4-2)35-59-64(56,57)62-45-42(51)40(49)41(50)44(43(45)52)61-63(53,54)55/h11,13,17,19,23,25,27,30,37,40-45,49-52H,3-10,12,14-16,18,20-22,24,26,28-29,31-35H2,1-2H3,(H,56,57)(H2,53,54,55)/b13-11-,19-17-,25-23-,30-27+/t37-,40?,41?,42?,43?,44-,45+/m1/s1. The van der Waals surface area contributed by atoms with Gasteiger partial charge in [0.1, 0.15) is 43.2 Å². The average molecular weight is 953 g/mol. The number of phosphoric acid groups is 2. The summed E-state index contributed by atoms with van der Waals surface area (Å²) >= 11 is 0. The van der Waals surface area contributed by atoms with Crippen molar-refractivity contribution in [2.24, 2.45) is 0 Å². The predicted octanol–water partition coefficient (Wildman–Crippen LogP) is 7.68. The molecule has 1 fully saturated rings. The lowest BCUT2D eigenvalue weighted by molar-refractivity contribution is -0.216. The minimum Gasteiger partial charge on any atom is -0.462 e. The number of hydrogen-bond donors (Lipinski definition) is 7. The highest BCUT2D eigenvalue weighted by molar-refractivity contribution is 7.47. The number of phosphoric ester groups is 2. The first-order valence-corrected chi connectivity index (χ1v) is 26.2. The summed E-state index contributed by atoms with van der Waals surface area (Å²) in [5.41, 5.74) is 0. The van der Waals surface area contributed by atoms with Gasteiger partial charge >= 0.3 is 27.6 Å². The number of unbranched alkanes of at least 4 members (excludes halogenated alkanes) is 15. The van der Waals surface area contributed by atoms with E-state index in [0.29, 0.717) is 6.42 Å². The van der Waals surface area contributed by atoms with Crippen molar-refractivity contribution in [1.82, 2.24) is 0 Å². The van der Waals surface area contributed by atoms with Crippen LogP contribution in [0.3, 0.4) is 0 Å². The van der Waals surface area contributed by atoms with E-state index in [2.05, 4.69) is 36.6 Å². The smallest absolute Gasteiger partial charge is 0.462 e. The molecular formula is C45H78O17P2. The Kier molecular flexibility index (Phi) is 33.3. The first-order valence-electron chi connectivity index (χ1n) is 23.1. The van der Waals surface area contributed by atoms with E-state index in [0.717, 1.165) is 44.9 Å². The second kappa shape index (κ2) is 35.8. The largest absolute Gasteiger partial charge is 0.472 e. The molecule has 7 N–H and O–H groups in total. The van der Waals surface area contributed by atoms with Crippen molar-refractivity contribution < 1.29 is 81.7 Å². The van der Waals surface area contributed by atoms with Gasteiger partial charge in [-0.05, 0) is 44.6 Å². The summed E-state index contributed by atoms with van der Waals surface area (Å²) in [6, 6.07) is 0. The van der Waals surface area contributed by atoms with Crippen LogP contribution in [0.15, 0.2) is 48.6 Å². The summed E-state index contributed by atoms with van der Waals surface area (Å²) in [6.07, 6.45) is 20.8. The number of esters is 2. The van der Waals surface area contributed by atoms with E-state index in [4.69, 9.17) is 28.3 Å². The lowest BCUT2D eigenvalue weighted by Crippen LogP contribution is -2.64. The minimum atomic E-state index is -5.39. The third-order valence-electron chi connectivity index (χ3n) is 10.4. The van der Waals surface area contributed by atoms with Crippen molar-refractivity contribution in [3.8, 4) is 0 Å². The maximum Gasteiger partial charge on any atom is 0.472 e. The Labute approximate surface area is 380 Å². The van der Waals surface area contributed by atoms with Crippen LogP contribution in [0.5, 0.6) is 0 Å². The van der Waals surface area contributed by atoms with Crippen LogP contribution in [0.25, 0.3) is 0 Å². The van der Waals surface area contributed by atoms with Gasteiger partial charge in [-0.15, -0.1) is 0 Å². The van der Waals surface area contributed by atoms with Crippen molar-refractivity contribution in [3.63, 3.8) is 0 Å². The molecule has 5 unspecified atom stereocenters. The summed E-state index contributed by atoms with van der Waals surface area (Å²) in [6.45, 7) is 2.86. The Balaban J connectivity index is 2.69. The summed E-state index contributed by atoms with van der Waals surface area (Å²) < 4.78 is 49.1. The number of carbonyl (C=O) groups is 3. The van der Waals surface area contributed by atoms with Crippen molar-refractivity contribution in [2.45, 2.75) is 204 Å². The van der Waals surface area contributed by atoms with E-state index < -0.39 is 83.5 Å². The van der Waals surface area contributed by atoms with Gasteiger partial charge in [0.05, 0.1) is 6.61 Å². The van der Waals surface area contributed by atoms with Gasteiger partial charge in [0.15, 0.2) is 11.9 Å². The first kappa shape index (κ1) is 59.6. The van der Waals surface area contributed by atoms with E-state index in [1.165, 1.54) is 76.7 Å². The average Bonchev–Trinajstić information content (AvgIpc) is 3.24. The Morgan fingerprint density at radius 3 is 1.66 bits per heavy atom. The fourth-order valence-corrected chi connectivity index (χ4v) is 8.28. The molecule has 64 heavy (non-hydrogen) atoms. The van der Waals surface area contributed by atoms with Crippen LogP contribution in [0, 0.1) is 0 Å². The lowest BCUT2D eigenvalue weighted by atomic mass is 9.85. The summed E-state index contributed by atoms with van der Waals surface area (Å²) in [5, 5.41) is 41.2. The first-order chi connectivity index (χ1) is 30.5. The van der Waals surface area contributed by atoms with Gasteiger partial charge < -0.3 is 44.6 Å². The number of ether oxygens (including phenoxy) is 2. The molecule has 0 aromatic rings. The number of carbonyl (C=O) groups excluding carboxylic acids is 3. The third kappa shape index (κ3) is 30.0. The molecule has 19 heteroatoms. The molecule has 0 bridgehead atoms. The van der Waals surface area contributed by atoms with E-state index in [1.54, 1.807) is 12.2 Å². The molecule has 17 nitrogen and oxygen atoms in total. The second-order valence-electron chi connectivity index (χ2n) is 16.2. The fourth-order valence-electron chi connectivity index (χ4n) is 6.74. The van der Waals surface area contributed by atoms with Crippen LogP contribution in [0.4, 0.5) is 0 Å². The van der Waals surface area contributed by atoms with Gasteiger partial charge in [-0.3, -0.25) is 28.0 Å². The molecule has 370 valence electrons. The highest BCUT2D eigenvalue weighted by Crippen LogP contribution is 2.49. The molecule has 0 aromatic carbocycles. The number of aliphatic hydroxyl groups is 4. The molecule has 0 saturated heterocycles. The Morgan fingerprint density at radius 2 is 1.06 bits per heavy atom. The number of rotatable bonds is 38. The van der Waals surface area contributed by atoms with Gasteiger partial charge in [0.2, 0.25) is 0 Å². The van der Waals surface area contributed by atoms with Gasteiger partial charge in [-0.25, -0.2) is 9.13 Å². The fraction of sp³-hybridized carbons (Fsp3) is 0.756. The number of ketones is 1. The topological polar surface area (TPSA) is 273 Å². The van der Waals surface area contributed by atoms with Crippen molar-refractivity contribution >= 4 is 33.4 Å². The molecule has 0 radical (unpaired) electrons. The van der Waals surface area contributed by atoms with Crippen LogP contribution >= 0.6 is 15.6 Å². The summed E-state index contributed by atoms with van der Waals surface area (Å²) in [5.74, 6) is -1.66. The highest BCUT2D eigenvalue weighted by Gasteiger charge is 2.54. The van der Waals surface area contributed by atoms with Gasteiger partial charge in [-0.2, -0.15) is 0 Å². The van der Waals surface area contributed by atoms with Crippen LogP contribution in [-0.2, 0) is 46.6 Å². The quantitative estimate of drug-likeness (QED) is 0.00780. The number of aliphatic hydroxyl groups excluding tert-OH is 4. The molecule has 0 spiro atoms. The summed E-state index contributed by atoms with van der Waals surface area (Å²) in [4.78, 5) is 66.5. The molecule has 0 aromatic heterocycles. The predicted molar refractivity (Wildman–Crippen MR) is 242 cm³/mol. The van der Waals surface area contributed by atoms with Crippen LogP contribution < -0.4 is 0 Å². The minimum absolute atomic E-state index is 0.00447. The molecule has 1 aliphatic carbocycles. The zero-order valence-electron chi connectivity index (χ0n) is 37.9. The van der Waals surface area contributed by atoms with Crippen LogP contribution in [-0.4, -0.2) is 109 Å². The maximum absolute atomic E-state index is 13.0. The molecule has 1 saturated carbocycles. The zero-order valence-corrected chi connectivity index (χ0v) is 39.7. The Hall–Kier alpha value is -2.37. The molecule has 0 aliphatic heterocycles. The SMILES string of the molecule is CCCCC/C=C\C/C=C\C/C=C\C=C\C(=O)CCCC(=O)OC[C@H](COP(=O)(O)O[C@H]1C(O)C(O)C(O)[C@@H](OP(=O)(O)O)C1O)OC(=O)CCCCCCCCCCCCCCC. The molecular weight excluding hydrogens is 874 g/mol. The summed E-state index contributed by atoms with van der Waals surface area (Å²) in [7, 11) is -10.7. The molecule has 1 aliphatic rings. The van der Waals surface area contributed by atoms with E-state index in [1.807, 2.05) is 12.2 Å². The monoisotopic (exact) mass is 952 g/mol. The molecule has 0 amide bonds. The number of allylic oxidation sites excluding steroid dienone is 8. The lowest BCUT2D eigenvalue weighted by Gasteiger charge is -2.43. The molecule has 1 rings (SSSR count). The highest BCUT2D eigenvalue weighted by atomic mass is 31.2. The third-order valence-corrected chi connectivity index (χ3v) is 11.9. The van der Waals surface area contributed by atoms with E-state index in [9.17, 15) is 48.8 Å². The van der Waals surface area contributed by atoms with Crippen molar-refractivity contribution in [3.05, 3.63) is 48.6 Å². The second-order valence-corrected chi connectivity index (χ2v) is 18.8. The van der Waals surface area contributed by atoms with Crippen molar-refractivity contribution in [1.29, 1.82) is 0 Å². The van der Waals surface area contributed by atoms with Crippen molar-refractivity contribution in [2.75, 3.05) is 13.2 Å². The van der Waals surface area contributed by atoms with E-state index >= 15 is 0 Å². The number of hydrogen-bond acceptors (Lipinski definition) is 14. The van der Waals surface area contributed by atoms with Gasteiger partial charge in [-0.1, -0.05) is 146 Å². The van der Waals surface area contributed by atoms with Gasteiger partial charge in [0.25, 0.3) is 0 Å². The van der Waals surface area contributed by atoms with Gasteiger partial charge in [0, 0.05) is 19.3 Å². The Bertz CT molecular complexity index is 1490. The van der Waals surface area contributed by atoms with Crippen LogP contribution in [0.2, 0.25) is 0 Å². The maximum atomic E-state index is 13.0. The normalized spacial score (nSPS) is 22.1.